The molecule has 0 spiro atoms. The largest absolute Gasteiger partial charge is 0.381 e. The van der Waals surface area contributed by atoms with Crippen LogP contribution < -0.4 is 5.32 Å². The van der Waals surface area contributed by atoms with Gasteiger partial charge in [-0.1, -0.05) is 6.07 Å². The molecule has 12 heteroatoms. The molecule has 9 nitrogen and oxygen atoms in total. The smallest absolute Gasteiger partial charge is 0.260 e. The first-order chi connectivity index (χ1) is 15.3. The van der Waals surface area contributed by atoms with Gasteiger partial charge >= 0.3 is 0 Å². The molecular formula is C20H25F2N5O4S. The van der Waals surface area contributed by atoms with E-state index in [0.29, 0.717) is 39.1 Å². The Morgan fingerprint density at radius 3 is 2.41 bits per heavy atom. The molecule has 0 atom stereocenters. The first-order valence-corrected chi connectivity index (χ1v) is 11.8. The van der Waals surface area contributed by atoms with E-state index >= 15 is 0 Å². The molecule has 32 heavy (non-hydrogen) atoms. The highest BCUT2D eigenvalue weighted by molar-refractivity contribution is 7.89. The quantitative estimate of drug-likeness (QED) is 0.653. The number of benzene rings is 1. The Bertz CT molecular complexity index is 1030. The van der Waals surface area contributed by atoms with E-state index in [4.69, 9.17) is 4.74 Å². The summed E-state index contributed by atoms with van der Waals surface area (Å²) in [5, 5.41) is 2.74. The highest BCUT2D eigenvalue weighted by Gasteiger charge is 2.42. The molecule has 0 aliphatic carbocycles. The molecule has 0 radical (unpaired) electrons. The highest BCUT2D eigenvalue weighted by atomic mass is 32.2. The van der Waals surface area contributed by atoms with Crippen LogP contribution in [0.2, 0.25) is 0 Å². The van der Waals surface area contributed by atoms with Gasteiger partial charge in [-0.15, -0.1) is 0 Å². The molecule has 1 aromatic carbocycles. The predicted molar refractivity (Wildman–Crippen MR) is 110 cm³/mol. The third-order valence-electron chi connectivity index (χ3n) is 6.19. The summed E-state index contributed by atoms with van der Waals surface area (Å²) >= 11 is 0. The van der Waals surface area contributed by atoms with Crippen LogP contribution in [0.1, 0.15) is 23.2 Å². The lowest BCUT2D eigenvalue weighted by Gasteiger charge is -2.49. The monoisotopic (exact) mass is 469 g/mol. The standard InChI is InChI=1S/C20H25F2N5O4S/c21-15-2-1-3-16(22)18(15)19(28)24-13-20(4-10-31-11-5-20)26-6-8-27(9-7-26)32(29,30)17-12-23-14-25-17/h1-3,12,14H,4-11,13H2,(H,23,25)(H,24,28). The maximum Gasteiger partial charge on any atom is 0.260 e. The average molecular weight is 470 g/mol. The van der Waals surface area contributed by atoms with Crippen LogP contribution in [0.25, 0.3) is 0 Å². The minimum atomic E-state index is -3.65. The zero-order valence-electron chi connectivity index (χ0n) is 17.4. The summed E-state index contributed by atoms with van der Waals surface area (Å²) in [6.45, 7) is 2.61. The van der Waals surface area contributed by atoms with Crippen molar-refractivity contribution in [2.45, 2.75) is 23.4 Å². The topological polar surface area (TPSA) is 108 Å². The van der Waals surface area contributed by atoms with Gasteiger partial charge in [-0.25, -0.2) is 22.2 Å². The Balaban J connectivity index is 1.45. The fraction of sp³-hybridized carbons (Fsp3) is 0.500. The maximum absolute atomic E-state index is 14.0. The van der Waals surface area contributed by atoms with Crippen molar-refractivity contribution in [2.75, 3.05) is 45.9 Å². The van der Waals surface area contributed by atoms with Gasteiger partial charge in [0.1, 0.15) is 17.2 Å². The van der Waals surface area contributed by atoms with E-state index in [1.807, 2.05) is 0 Å². The zero-order chi connectivity index (χ0) is 22.8. The number of carbonyl (C=O) groups excluding carboxylic acids is 1. The van der Waals surface area contributed by atoms with Gasteiger partial charge in [0, 0.05) is 51.5 Å². The molecule has 2 saturated heterocycles. The summed E-state index contributed by atoms with van der Waals surface area (Å²) in [5.74, 6) is -2.64. The van der Waals surface area contributed by atoms with Crippen molar-refractivity contribution in [3.05, 3.63) is 47.9 Å². The van der Waals surface area contributed by atoms with Crippen LogP contribution in [0.4, 0.5) is 8.78 Å². The number of halogens is 2. The van der Waals surface area contributed by atoms with Gasteiger partial charge in [-0.2, -0.15) is 4.31 Å². The van der Waals surface area contributed by atoms with Crippen molar-refractivity contribution in [2.24, 2.45) is 0 Å². The molecule has 4 rings (SSSR count). The van der Waals surface area contributed by atoms with Crippen molar-refractivity contribution in [1.82, 2.24) is 24.5 Å². The van der Waals surface area contributed by atoms with Crippen molar-refractivity contribution >= 4 is 15.9 Å². The normalized spacial score (nSPS) is 20.2. The third kappa shape index (κ3) is 4.40. The molecule has 2 aromatic rings. The molecule has 3 heterocycles. The second-order valence-electron chi connectivity index (χ2n) is 7.92. The summed E-state index contributed by atoms with van der Waals surface area (Å²) in [6.07, 6.45) is 3.82. The van der Waals surface area contributed by atoms with E-state index in [1.54, 1.807) is 0 Å². The molecule has 2 fully saturated rings. The maximum atomic E-state index is 14.0. The number of H-pyrrole nitrogens is 1. The molecule has 2 aliphatic rings. The number of hydrogen-bond donors (Lipinski definition) is 2. The molecule has 174 valence electrons. The number of aromatic nitrogens is 2. The van der Waals surface area contributed by atoms with Crippen molar-refractivity contribution < 1.29 is 26.7 Å². The van der Waals surface area contributed by atoms with Crippen LogP contribution in [0.3, 0.4) is 0 Å². The van der Waals surface area contributed by atoms with Crippen LogP contribution in [0, 0.1) is 11.6 Å². The van der Waals surface area contributed by atoms with E-state index in [9.17, 15) is 22.0 Å². The third-order valence-corrected chi connectivity index (χ3v) is 8.02. The first kappa shape index (κ1) is 22.8. The lowest BCUT2D eigenvalue weighted by Crippen LogP contribution is -2.63. The second-order valence-corrected chi connectivity index (χ2v) is 9.83. The lowest BCUT2D eigenvalue weighted by molar-refractivity contribution is -0.0385. The van der Waals surface area contributed by atoms with Crippen LogP contribution >= 0.6 is 0 Å². The number of nitrogens with zero attached hydrogens (tertiary/aromatic N) is 3. The van der Waals surface area contributed by atoms with E-state index in [2.05, 4.69) is 20.2 Å². The van der Waals surface area contributed by atoms with Crippen LogP contribution in [0.5, 0.6) is 0 Å². The molecule has 1 aromatic heterocycles. The van der Waals surface area contributed by atoms with Gasteiger partial charge < -0.3 is 15.0 Å². The number of piperazine rings is 1. The van der Waals surface area contributed by atoms with Crippen LogP contribution in [-0.4, -0.2) is 85.0 Å². The summed E-state index contributed by atoms with van der Waals surface area (Å²) in [5.41, 5.74) is -1.09. The van der Waals surface area contributed by atoms with Gasteiger partial charge in [0.25, 0.3) is 15.9 Å². The number of imidazole rings is 1. The summed E-state index contributed by atoms with van der Waals surface area (Å²) in [6, 6.07) is 3.29. The number of amides is 1. The fourth-order valence-electron chi connectivity index (χ4n) is 4.33. The molecular weight excluding hydrogens is 444 g/mol. The number of sulfonamides is 1. The fourth-order valence-corrected chi connectivity index (χ4v) is 5.65. The average Bonchev–Trinajstić information content (AvgIpc) is 3.34. The molecule has 0 saturated carbocycles. The molecule has 2 N–H and O–H groups in total. The van der Waals surface area contributed by atoms with E-state index in [0.717, 1.165) is 12.1 Å². The zero-order valence-corrected chi connectivity index (χ0v) is 18.2. The van der Waals surface area contributed by atoms with E-state index < -0.39 is 38.7 Å². The summed E-state index contributed by atoms with van der Waals surface area (Å²) in [7, 11) is -3.65. The van der Waals surface area contributed by atoms with Crippen LogP contribution in [0.15, 0.2) is 35.7 Å². The predicted octanol–water partition coefficient (Wildman–Crippen LogP) is 0.973. The molecule has 0 unspecified atom stereocenters. The SMILES string of the molecule is O=C(NCC1(N2CCN(S(=O)(=O)c3cnc[nH]3)CC2)CCOCC1)c1c(F)cccc1F. The number of rotatable bonds is 6. The van der Waals surface area contributed by atoms with Crippen LogP contribution in [-0.2, 0) is 14.8 Å². The Morgan fingerprint density at radius 2 is 1.81 bits per heavy atom. The lowest BCUT2D eigenvalue weighted by atomic mass is 9.87. The number of aromatic amines is 1. The van der Waals surface area contributed by atoms with Crippen molar-refractivity contribution in [3.8, 4) is 0 Å². The van der Waals surface area contributed by atoms with Gasteiger partial charge in [-0.3, -0.25) is 9.69 Å². The Morgan fingerprint density at radius 1 is 1.16 bits per heavy atom. The number of carbonyl (C=O) groups is 1. The molecule has 0 bridgehead atoms. The van der Waals surface area contributed by atoms with Gasteiger partial charge in [0.05, 0.1) is 12.5 Å². The highest BCUT2D eigenvalue weighted by Crippen LogP contribution is 2.30. The van der Waals surface area contributed by atoms with Crippen molar-refractivity contribution in [3.63, 3.8) is 0 Å². The first-order valence-electron chi connectivity index (χ1n) is 10.4. The number of hydrogen-bond acceptors (Lipinski definition) is 6. The van der Waals surface area contributed by atoms with E-state index in [1.165, 1.54) is 22.9 Å². The van der Waals surface area contributed by atoms with Gasteiger partial charge in [0.2, 0.25) is 0 Å². The van der Waals surface area contributed by atoms with Crippen molar-refractivity contribution in [1.29, 1.82) is 0 Å². The molecule has 1 amide bonds. The summed E-state index contributed by atoms with van der Waals surface area (Å²) < 4.78 is 60.3. The minimum absolute atomic E-state index is 0.0471. The summed E-state index contributed by atoms with van der Waals surface area (Å²) in [4.78, 5) is 21.1. The minimum Gasteiger partial charge on any atom is -0.381 e. The Hall–Kier alpha value is -2.41. The van der Waals surface area contributed by atoms with Gasteiger partial charge in [0.15, 0.2) is 5.03 Å². The van der Waals surface area contributed by atoms with E-state index in [-0.39, 0.29) is 24.7 Å². The Kier molecular flexibility index (Phi) is 6.56. The number of nitrogens with one attached hydrogen (secondary N) is 2. The number of ether oxygens (including phenoxy) is 1. The molecule has 2 aliphatic heterocycles. The second kappa shape index (κ2) is 9.22. The van der Waals surface area contributed by atoms with Gasteiger partial charge in [-0.05, 0) is 25.0 Å². The Labute approximate surface area is 184 Å².